The van der Waals surface area contributed by atoms with E-state index >= 15 is 0 Å². The highest BCUT2D eigenvalue weighted by atomic mass is 32.2. The van der Waals surface area contributed by atoms with Gasteiger partial charge < -0.3 is 0 Å². The second kappa shape index (κ2) is 9.86. The zero-order chi connectivity index (χ0) is 27.1. The summed E-state index contributed by atoms with van der Waals surface area (Å²) in [5.74, 6) is 0.830. The number of aromatic nitrogens is 3. The van der Waals surface area contributed by atoms with E-state index in [0.29, 0.717) is 16.8 Å². The van der Waals surface area contributed by atoms with Gasteiger partial charge in [-0.3, -0.25) is 4.57 Å². The molecule has 5 nitrogen and oxygen atoms in total. The molecule has 0 fully saturated rings. The van der Waals surface area contributed by atoms with Gasteiger partial charge in [-0.25, -0.2) is 17.4 Å². The molecule has 0 bridgehead atoms. The molecule has 6 rings (SSSR count). The summed E-state index contributed by atoms with van der Waals surface area (Å²) in [6, 6.07) is 31.4. The third-order valence-corrected chi connectivity index (χ3v) is 9.13. The van der Waals surface area contributed by atoms with Crippen LogP contribution in [0, 0.1) is 13.8 Å². The van der Waals surface area contributed by atoms with E-state index < -0.39 is 10.0 Å². The molecule has 0 radical (unpaired) electrons. The SMILES string of the molecule is CCCCc1cc2c(-n3c(-c4ccccc4)nc4ccccc43)c(C)ccc2n1S(=O)(=O)c1ccc(C)cc1. The molecule has 0 aliphatic carbocycles. The van der Waals surface area contributed by atoms with Crippen LogP contribution < -0.4 is 0 Å². The average molecular weight is 534 g/mol. The molecular weight excluding hydrogens is 502 g/mol. The highest BCUT2D eigenvalue weighted by Crippen LogP contribution is 2.37. The van der Waals surface area contributed by atoms with Crippen molar-refractivity contribution >= 4 is 32.0 Å². The fraction of sp³-hybridized carbons (Fsp3) is 0.182. The summed E-state index contributed by atoms with van der Waals surface area (Å²) in [6.07, 6.45) is 2.55. The molecule has 0 unspecified atom stereocenters. The Kier molecular flexibility index (Phi) is 6.35. The number of para-hydroxylation sites is 2. The van der Waals surface area contributed by atoms with E-state index in [4.69, 9.17) is 4.98 Å². The fourth-order valence-electron chi connectivity index (χ4n) is 5.37. The molecule has 0 saturated carbocycles. The molecule has 0 aliphatic rings. The minimum absolute atomic E-state index is 0.295. The molecule has 0 spiro atoms. The molecular formula is C33H31N3O2S. The van der Waals surface area contributed by atoms with E-state index in [-0.39, 0.29) is 0 Å². The van der Waals surface area contributed by atoms with E-state index in [1.165, 1.54) is 0 Å². The first-order valence-electron chi connectivity index (χ1n) is 13.4. The Balaban J connectivity index is 1.69. The number of rotatable bonds is 7. The summed E-state index contributed by atoms with van der Waals surface area (Å²) >= 11 is 0. The van der Waals surface area contributed by atoms with E-state index in [2.05, 4.69) is 42.7 Å². The Labute approximate surface area is 229 Å². The van der Waals surface area contributed by atoms with E-state index in [1.807, 2.05) is 67.6 Å². The lowest BCUT2D eigenvalue weighted by Gasteiger charge is -2.15. The van der Waals surface area contributed by atoms with Crippen LogP contribution in [0.1, 0.15) is 36.6 Å². The van der Waals surface area contributed by atoms with Gasteiger partial charge in [-0.2, -0.15) is 0 Å². The van der Waals surface area contributed by atoms with Crippen LogP contribution in [0.2, 0.25) is 0 Å². The van der Waals surface area contributed by atoms with Crippen molar-refractivity contribution in [2.75, 3.05) is 0 Å². The largest absolute Gasteiger partial charge is 0.291 e. The standard InChI is InChI=1S/C33H31N3O2S/c1-4-5-13-26-22-28-30(36(26)39(37,38)27-19-16-23(2)17-20-27)21-18-24(3)32(28)35-31-15-10-9-14-29(31)34-33(35)25-11-7-6-8-12-25/h6-12,14-22H,4-5,13H2,1-3H3. The van der Waals surface area contributed by atoms with Crippen molar-refractivity contribution in [2.24, 2.45) is 0 Å². The van der Waals surface area contributed by atoms with Crippen LogP contribution in [-0.4, -0.2) is 21.9 Å². The van der Waals surface area contributed by atoms with Gasteiger partial charge in [0, 0.05) is 16.6 Å². The maximum absolute atomic E-state index is 14.1. The minimum Gasteiger partial charge on any atom is -0.291 e. The minimum atomic E-state index is -3.81. The average Bonchev–Trinajstić information content (AvgIpc) is 3.52. The van der Waals surface area contributed by atoms with Crippen LogP contribution in [0.4, 0.5) is 0 Å². The second-order valence-electron chi connectivity index (χ2n) is 10.1. The molecule has 0 N–H and O–H groups in total. The van der Waals surface area contributed by atoms with Crippen molar-refractivity contribution in [1.29, 1.82) is 0 Å². The number of imidazole rings is 1. The first-order valence-corrected chi connectivity index (χ1v) is 14.8. The number of benzene rings is 4. The quantitative estimate of drug-likeness (QED) is 0.210. The van der Waals surface area contributed by atoms with Gasteiger partial charge >= 0.3 is 0 Å². The second-order valence-corrected chi connectivity index (χ2v) is 11.9. The first kappa shape index (κ1) is 25.1. The Morgan fingerprint density at radius 1 is 0.795 bits per heavy atom. The fourth-order valence-corrected chi connectivity index (χ4v) is 6.93. The van der Waals surface area contributed by atoms with Crippen molar-refractivity contribution in [3.8, 4) is 17.1 Å². The summed E-state index contributed by atoms with van der Waals surface area (Å²) in [5, 5.41) is 0.900. The predicted octanol–water partition coefficient (Wildman–Crippen LogP) is 7.84. The summed E-state index contributed by atoms with van der Waals surface area (Å²) in [6.45, 7) is 6.17. The molecule has 0 aliphatic heterocycles. The van der Waals surface area contributed by atoms with Gasteiger partial charge in [-0.15, -0.1) is 0 Å². The lowest BCUT2D eigenvalue weighted by atomic mass is 10.1. The lowest BCUT2D eigenvalue weighted by Crippen LogP contribution is -2.16. The van der Waals surface area contributed by atoms with Gasteiger partial charge in [-0.1, -0.05) is 79.6 Å². The highest BCUT2D eigenvalue weighted by molar-refractivity contribution is 7.90. The van der Waals surface area contributed by atoms with Gasteiger partial charge in [0.25, 0.3) is 10.0 Å². The number of hydrogen-bond acceptors (Lipinski definition) is 3. The van der Waals surface area contributed by atoms with Crippen LogP contribution in [0.5, 0.6) is 0 Å². The van der Waals surface area contributed by atoms with Crippen molar-refractivity contribution in [3.05, 3.63) is 114 Å². The molecule has 6 heteroatoms. The third kappa shape index (κ3) is 4.25. The topological polar surface area (TPSA) is 56.9 Å². The Morgan fingerprint density at radius 3 is 2.26 bits per heavy atom. The predicted molar refractivity (Wildman–Crippen MR) is 159 cm³/mol. The Bertz CT molecular complexity index is 1920. The van der Waals surface area contributed by atoms with E-state index in [1.54, 1.807) is 16.1 Å². The number of aryl methyl sites for hydroxylation is 3. The molecule has 0 saturated heterocycles. The van der Waals surface area contributed by atoms with E-state index in [0.717, 1.165) is 63.2 Å². The molecule has 2 heterocycles. The van der Waals surface area contributed by atoms with Gasteiger partial charge in [0.2, 0.25) is 0 Å². The van der Waals surface area contributed by atoms with Gasteiger partial charge in [0.05, 0.1) is 27.1 Å². The van der Waals surface area contributed by atoms with Crippen molar-refractivity contribution < 1.29 is 8.42 Å². The number of hydrogen-bond donors (Lipinski definition) is 0. The number of fused-ring (bicyclic) bond motifs is 2. The lowest BCUT2D eigenvalue weighted by molar-refractivity contribution is 0.586. The molecule has 6 aromatic rings. The summed E-state index contributed by atoms with van der Waals surface area (Å²) in [4.78, 5) is 5.32. The van der Waals surface area contributed by atoms with Crippen molar-refractivity contribution in [2.45, 2.75) is 44.9 Å². The molecule has 0 amide bonds. The van der Waals surface area contributed by atoms with Gasteiger partial charge in [0.1, 0.15) is 5.82 Å². The van der Waals surface area contributed by atoms with Crippen molar-refractivity contribution in [3.63, 3.8) is 0 Å². The summed E-state index contributed by atoms with van der Waals surface area (Å²) in [7, 11) is -3.81. The Hall–Kier alpha value is -4.16. The summed E-state index contributed by atoms with van der Waals surface area (Å²) < 4.78 is 32.0. The molecule has 196 valence electrons. The van der Waals surface area contributed by atoms with Crippen LogP contribution in [-0.2, 0) is 16.4 Å². The maximum Gasteiger partial charge on any atom is 0.268 e. The number of unbranched alkanes of at least 4 members (excludes halogenated alkanes) is 1. The first-order chi connectivity index (χ1) is 18.9. The molecule has 2 aromatic heterocycles. The van der Waals surface area contributed by atoms with Gasteiger partial charge in [-0.05, 0) is 68.7 Å². The smallest absolute Gasteiger partial charge is 0.268 e. The zero-order valence-corrected chi connectivity index (χ0v) is 23.2. The maximum atomic E-state index is 14.1. The highest BCUT2D eigenvalue weighted by Gasteiger charge is 2.26. The number of nitrogens with zero attached hydrogens (tertiary/aromatic N) is 3. The van der Waals surface area contributed by atoms with Crippen LogP contribution in [0.15, 0.2) is 102 Å². The van der Waals surface area contributed by atoms with Crippen LogP contribution in [0.3, 0.4) is 0 Å². The molecule has 39 heavy (non-hydrogen) atoms. The Morgan fingerprint density at radius 2 is 1.51 bits per heavy atom. The third-order valence-electron chi connectivity index (χ3n) is 7.35. The van der Waals surface area contributed by atoms with Crippen LogP contribution >= 0.6 is 0 Å². The molecule has 4 aromatic carbocycles. The van der Waals surface area contributed by atoms with Crippen LogP contribution in [0.25, 0.3) is 39.0 Å². The summed E-state index contributed by atoms with van der Waals surface area (Å²) in [5.41, 5.74) is 7.38. The normalized spacial score (nSPS) is 12.0. The van der Waals surface area contributed by atoms with Crippen molar-refractivity contribution in [1.82, 2.24) is 13.5 Å². The molecule has 0 atom stereocenters. The van der Waals surface area contributed by atoms with E-state index in [9.17, 15) is 8.42 Å². The monoisotopic (exact) mass is 533 g/mol. The zero-order valence-electron chi connectivity index (χ0n) is 22.4. The van der Waals surface area contributed by atoms with Gasteiger partial charge in [0.15, 0.2) is 0 Å².